The van der Waals surface area contributed by atoms with E-state index in [4.69, 9.17) is 5.11 Å². The maximum absolute atomic E-state index is 14.2. The summed E-state index contributed by atoms with van der Waals surface area (Å²) < 4.78 is 39.3. The van der Waals surface area contributed by atoms with E-state index in [1.165, 1.54) is 25.2 Å². The van der Waals surface area contributed by atoms with Crippen LogP contribution < -0.4 is 4.31 Å². The average Bonchev–Trinajstić information content (AvgIpc) is 2.69. The zero-order valence-electron chi connectivity index (χ0n) is 18.9. The first kappa shape index (κ1) is 25.0. The highest BCUT2D eigenvalue weighted by atomic mass is 32.2. The van der Waals surface area contributed by atoms with Gasteiger partial charge in [0.2, 0.25) is 16.0 Å². The number of carboxylic acids is 1. The third-order valence-corrected chi connectivity index (χ3v) is 6.99. The molecule has 0 radical (unpaired) electrons. The van der Waals surface area contributed by atoms with Crippen LogP contribution in [0.3, 0.4) is 0 Å². The van der Waals surface area contributed by atoms with Crippen molar-refractivity contribution in [2.75, 3.05) is 17.6 Å². The molecule has 3 N–H and O–H groups in total. The lowest BCUT2D eigenvalue weighted by atomic mass is 9.75. The van der Waals surface area contributed by atoms with Gasteiger partial charge >= 0.3 is 5.97 Å². The zero-order chi connectivity index (χ0) is 24.7. The molecule has 9 nitrogen and oxygen atoms in total. The molecule has 1 heterocycles. The van der Waals surface area contributed by atoms with E-state index in [1.807, 2.05) is 13.8 Å². The van der Waals surface area contributed by atoms with Gasteiger partial charge in [-0.1, -0.05) is 13.8 Å². The Morgan fingerprint density at radius 1 is 1.27 bits per heavy atom. The molecule has 0 spiro atoms. The number of benzene rings is 1. The molecule has 11 heteroatoms. The fraction of sp³-hybridized carbons (Fsp3) is 0.500. The first-order valence-electron chi connectivity index (χ1n) is 10.5. The van der Waals surface area contributed by atoms with Gasteiger partial charge < -0.3 is 15.3 Å². The van der Waals surface area contributed by atoms with Gasteiger partial charge in [0.1, 0.15) is 5.82 Å². The first-order chi connectivity index (χ1) is 15.3. The van der Waals surface area contributed by atoms with Crippen LogP contribution in [0, 0.1) is 5.82 Å². The number of nitrogens with zero attached hydrogens (tertiary/aromatic N) is 3. The van der Waals surface area contributed by atoms with Gasteiger partial charge in [0, 0.05) is 30.5 Å². The second-order valence-corrected chi connectivity index (χ2v) is 10.7. The normalized spacial score (nSPS) is 17.3. The molecule has 2 aromatic rings. The van der Waals surface area contributed by atoms with Gasteiger partial charge in [-0.3, -0.25) is 4.79 Å². The summed E-state index contributed by atoms with van der Waals surface area (Å²) in [5, 5.41) is 29.8. The number of hydrogen-bond acceptors (Lipinski definition) is 7. The number of aliphatic hydroxyl groups is 2. The van der Waals surface area contributed by atoms with Gasteiger partial charge in [-0.2, -0.15) is 0 Å². The third kappa shape index (κ3) is 5.31. The molecular weight excluding hydrogens is 453 g/mol. The number of fused-ring (bicyclic) bond motifs is 3. The summed E-state index contributed by atoms with van der Waals surface area (Å²) in [5.41, 5.74) is 2.75. The van der Waals surface area contributed by atoms with Crippen LogP contribution in [0.15, 0.2) is 18.2 Å². The number of hydrogen-bond donors (Lipinski definition) is 3. The maximum Gasteiger partial charge on any atom is 0.305 e. The molecule has 0 saturated carbocycles. The van der Waals surface area contributed by atoms with E-state index < -0.39 is 46.4 Å². The highest BCUT2D eigenvalue weighted by Crippen LogP contribution is 2.44. The van der Waals surface area contributed by atoms with Gasteiger partial charge in [0.15, 0.2) is 0 Å². The van der Waals surface area contributed by atoms with Crippen LogP contribution in [0.1, 0.15) is 55.3 Å². The monoisotopic (exact) mass is 481 g/mol. The molecule has 0 amide bonds. The van der Waals surface area contributed by atoms with Crippen molar-refractivity contribution in [1.82, 2.24) is 9.97 Å². The van der Waals surface area contributed by atoms with Crippen molar-refractivity contribution < 1.29 is 32.9 Å². The topological polar surface area (TPSA) is 141 Å². The highest BCUT2D eigenvalue weighted by Gasteiger charge is 2.35. The molecule has 1 aliphatic carbocycles. The Morgan fingerprint density at radius 2 is 1.94 bits per heavy atom. The zero-order valence-corrected chi connectivity index (χ0v) is 19.7. The van der Waals surface area contributed by atoms with E-state index in [9.17, 15) is 27.8 Å². The number of halogens is 1. The minimum absolute atomic E-state index is 0.00824. The number of aromatic nitrogens is 2. The van der Waals surface area contributed by atoms with Crippen LogP contribution in [0.2, 0.25) is 0 Å². The lowest BCUT2D eigenvalue weighted by Crippen LogP contribution is -2.31. The molecule has 0 saturated heterocycles. The Labute approximate surface area is 192 Å². The number of aliphatic carboxylic acids is 1. The number of carbonyl (C=O) groups is 1. The number of sulfonamides is 1. The smallest absolute Gasteiger partial charge is 0.305 e. The molecule has 1 aromatic heterocycles. The van der Waals surface area contributed by atoms with Crippen LogP contribution in [-0.2, 0) is 21.2 Å². The van der Waals surface area contributed by atoms with Gasteiger partial charge in [0.25, 0.3) is 0 Å². The second-order valence-electron chi connectivity index (χ2n) is 8.72. The van der Waals surface area contributed by atoms with Crippen molar-refractivity contribution in [3.05, 3.63) is 40.8 Å². The molecule has 0 bridgehead atoms. The summed E-state index contributed by atoms with van der Waals surface area (Å²) in [6, 6.07) is 4.07. The second kappa shape index (κ2) is 9.32. The van der Waals surface area contributed by atoms with E-state index in [0.29, 0.717) is 28.1 Å². The fourth-order valence-electron chi connectivity index (χ4n) is 4.14. The van der Waals surface area contributed by atoms with E-state index in [-0.39, 0.29) is 24.7 Å². The predicted octanol–water partition coefficient (Wildman–Crippen LogP) is 2.03. The SMILES string of the molecule is CC(C)c1nc(N(C)S(C)(=O)=O)nc2c1CC(C(O)C[C@H](O)CC(=O)O)c1cc(F)ccc1-2. The minimum atomic E-state index is -3.62. The van der Waals surface area contributed by atoms with Crippen LogP contribution in [-0.4, -0.2) is 65.2 Å². The Kier molecular flexibility index (Phi) is 7.06. The lowest BCUT2D eigenvalue weighted by molar-refractivity contribution is -0.139. The summed E-state index contributed by atoms with van der Waals surface area (Å²) in [4.78, 5) is 19.9. The van der Waals surface area contributed by atoms with Crippen molar-refractivity contribution >= 4 is 21.9 Å². The Hall–Kier alpha value is -2.63. The van der Waals surface area contributed by atoms with Crippen molar-refractivity contribution in [3.8, 4) is 11.3 Å². The fourth-order valence-corrected chi connectivity index (χ4v) is 4.52. The highest BCUT2D eigenvalue weighted by molar-refractivity contribution is 7.92. The largest absolute Gasteiger partial charge is 0.481 e. The number of rotatable bonds is 8. The summed E-state index contributed by atoms with van der Waals surface area (Å²) in [5.74, 6) is -2.46. The predicted molar refractivity (Wildman–Crippen MR) is 120 cm³/mol. The molecule has 1 aliphatic rings. The Balaban J connectivity index is 2.15. The van der Waals surface area contributed by atoms with E-state index >= 15 is 0 Å². The molecule has 3 rings (SSSR count). The number of carboxylic acid groups (broad SMARTS) is 1. The first-order valence-corrected chi connectivity index (χ1v) is 12.4. The molecule has 1 aromatic carbocycles. The van der Waals surface area contributed by atoms with Crippen molar-refractivity contribution in [2.24, 2.45) is 0 Å². The molecule has 0 fully saturated rings. The summed E-state index contributed by atoms with van der Waals surface area (Å²) in [6.45, 7) is 3.80. The van der Waals surface area contributed by atoms with E-state index in [2.05, 4.69) is 9.97 Å². The van der Waals surface area contributed by atoms with Crippen molar-refractivity contribution in [2.45, 2.75) is 57.2 Å². The van der Waals surface area contributed by atoms with Crippen molar-refractivity contribution in [1.29, 1.82) is 0 Å². The molecule has 0 aliphatic heterocycles. The van der Waals surface area contributed by atoms with Gasteiger partial charge in [0.05, 0.1) is 36.3 Å². The lowest BCUT2D eigenvalue weighted by Gasteiger charge is -2.33. The Morgan fingerprint density at radius 3 is 2.52 bits per heavy atom. The van der Waals surface area contributed by atoms with Crippen molar-refractivity contribution in [3.63, 3.8) is 0 Å². The molecule has 33 heavy (non-hydrogen) atoms. The molecule has 2 unspecified atom stereocenters. The van der Waals surface area contributed by atoms with Gasteiger partial charge in [-0.15, -0.1) is 0 Å². The molecule has 180 valence electrons. The summed E-state index contributed by atoms with van der Waals surface area (Å²) in [7, 11) is -2.27. The van der Waals surface area contributed by atoms with Crippen LogP contribution in [0.25, 0.3) is 11.3 Å². The number of anilines is 1. The maximum atomic E-state index is 14.2. The van der Waals surface area contributed by atoms with E-state index in [0.717, 1.165) is 10.6 Å². The summed E-state index contributed by atoms with van der Waals surface area (Å²) >= 11 is 0. The van der Waals surface area contributed by atoms with Gasteiger partial charge in [-0.25, -0.2) is 27.1 Å². The van der Waals surface area contributed by atoms with Gasteiger partial charge in [-0.05, 0) is 36.1 Å². The quantitative estimate of drug-likeness (QED) is 0.520. The number of aliphatic hydroxyl groups excluding tert-OH is 2. The summed E-state index contributed by atoms with van der Waals surface area (Å²) in [6.07, 6.45) is -1.85. The van der Waals surface area contributed by atoms with Crippen LogP contribution in [0.5, 0.6) is 0 Å². The minimum Gasteiger partial charge on any atom is -0.481 e. The molecule has 3 atom stereocenters. The van der Waals surface area contributed by atoms with Crippen LogP contribution in [0.4, 0.5) is 10.3 Å². The molecular formula is C22H28FN3O6S. The third-order valence-electron chi connectivity index (χ3n) is 5.83. The standard InChI is InChI=1S/C22H28FN3O6S/c1-11(2)20-17-10-16(18(28)8-13(27)9-19(29)30)15-7-12(23)5-6-14(15)21(17)25-22(24-20)26(3)33(4,31)32/h5-7,11,13,16,18,27-28H,8-10H2,1-4H3,(H,29,30)/t13-,16?,18?/m0/s1. The average molecular weight is 482 g/mol. The van der Waals surface area contributed by atoms with E-state index in [1.54, 1.807) is 0 Å². The Bertz CT molecular complexity index is 1170. The van der Waals surface area contributed by atoms with Crippen LogP contribution >= 0.6 is 0 Å².